The van der Waals surface area contributed by atoms with Crippen LogP contribution in [-0.4, -0.2) is 12.5 Å². The second-order valence-corrected chi connectivity index (χ2v) is 5.17. The van der Waals surface area contributed by atoms with Crippen LogP contribution >= 0.6 is 11.6 Å². The summed E-state index contributed by atoms with van der Waals surface area (Å²) in [6.45, 7) is 0.777. The van der Waals surface area contributed by atoms with Gasteiger partial charge in [-0.1, -0.05) is 41.9 Å². The number of benzene rings is 2. The first-order valence-electron chi connectivity index (χ1n) is 6.37. The van der Waals surface area contributed by atoms with Crippen molar-refractivity contribution in [1.29, 1.82) is 0 Å². The predicted octanol–water partition coefficient (Wildman–Crippen LogP) is 3.47. The smallest absolute Gasteiger partial charge is 0.231 e. The minimum atomic E-state index is 0.132. The average Bonchev–Trinajstić information content (AvgIpc) is 2.82. The van der Waals surface area contributed by atoms with Gasteiger partial charge in [-0.25, -0.2) is 0 Å². The van der Waals surface area contributed by atoms with E-state index >= 15 is 0 Å². The number of amides is 1. The van der Waals surface area contributed by atoms with Crippen molar-refractivity contribution in [3.05, 3.63) is 64.7 Å². The molecule has 1 aliphatic heterocycles. The predicted molar refractivity (Wildman–Crippen MR) is 77.7 cm³/mol. The lowest BCUT2D eigenvalue weighted by Gasteiger charge is -2.17. The third-order valence-electron chi connectivity index (χ3n) is 3.43. The highest BCUT2D eigenvalue weighted by atomic mass is 35.5. The van der Waals surface area contributed by atoms with Crippen LogP contribution in [0.25, 0.3) is 0 Å². The number of halogens is 1. The fraction of sp³-hybridized carbons (Fsp3) is 0.188. The maximum absolute atomic E-state index is 12.4. The fourth-order valence-corrected chi connectivity index (χ4v) is 2.73. The van der Waals surface area contributed by atoms with Gasteiger partial charge in [0.25, 0.3) is 0 Å². The summed E-state index contributed by atoms with van der Waals surface area (Å²) in [7, 11) is 0. The highest BCUT2D eigenvalue weighted by molar-refractivity contribution is 6.30. The molecule has 0 aromatic heterocycles. The van der Waals surface area contributed by atoms with Crippen LogP contribution in [0.2, 0.25) is 5.02 Å². The van der Waals surface area contributed by atoms with Crippen LogP contribution in [-0.2, 0) is 17.6 Å². The molecular weight excluding hydrogens is 258 g/mol. The van der Waals surface area contributed by atoms with Gasteiger partial charge in [-0.2, -0.15) is 0 Å². The lowest BCUT2D eigenvalue weighted by molar-refractivity contribution is -0.117. The van der Waals surface area contributed by atoms with E-state index in [1.54, 1.807) is 0 Å². The minimum Gasteiger partial charge on any atom is -0.312 e. The highest BCUT2D eigenvalue weighted by Gasteiger charge is 2.23. The molecule has 2 aromatic rings. The number of anilines is 1. The van der Waals surface area contributed by atoms with Gasteiger partial charge in [0, 0.05) is 17.3 Å². The van der Waals surface area contributed by atoms with Crippen molar-refractivity contribution in [3.8, 4) is 0 Å². The fourth-order valence-electron chi connectivity index (χ4n) is 2.51. The van der Waals surface area contributed by atoms with Crippen LogP contribution in [0.5, 0.6) is 0 Å². The maximum Gasteiger partial charge on any atom is 0.231 e. The molecule has 1 amide bonds. The minimum absolute atomic E-state index is 0.132. The molecule has 0 atom stereocenters. The van der Waals surface area contributed by atoms with Crippen molar-refractivity contribution in [3.63, 3.8) is 0 Å². The Morgan fingerprint density at radius 2 is 2.00 bits per heavy atom. The van der Waals surface area contributed by atoms with Crippen LogP contribution in [0, 0.1) is 0 Å². The van der Waals surface area contributed by atoms with E-state index in [0.717, 1.165) is 24.2 Å². The van der Waals surface area contributed by atoms with E-state index in [2.05, 4.69) is 6.07 Å². The number of hydrogen-bond donors (Lipinski definition) is 0. The van der Waals surface area contributed by atoms with Gasteiger partial charge in [-0.3, -0.25) is 4.79 Å². The summed E-state index contributed by atoms with van der Waals surface area (Å²) < 4.78 is 0. The number of fused-ring (bicyclic) bond motifs is 1. The van der Waals surface area contributed by atoms with Crippen molar-refractivity contribution >= 4 is 23.2 Å². The first-order chi connectivity index (χ1) is 9.24. The number of para-hydroxylation sites is 1. The molecule has 3 rings (SSSR count). The van der Waals surface area contributed by atoms with Gasteiger partial charge < -0.3 is 4.90 Å². The van der Waals surface area contributed by atoms with E-state index in [1.807, 2.05) is 47.4 Å². The van der Waals surface area contributed by atoms with Crippen molar-refractivity contribution in [2.45, 2.75) is 12.8 Å². The second kappa shape index (κ2) is 5.06. The molecule has 0 saturated heterocycles. The lowest BCUT2D eigenvalue weighted by Crippen LogP contribution is -2.30. The summed E-state index contributed by atoms with van der Waals surface area (Å²) in [5.41, 5.74) is 3.26. The summed E-state index contributed by atoms with van der Waals surface area (Å²) in [5.74, 6) is 0.132. The van der Waals surface area contributed by atoms with E-state index in [-0.39, 0.29) is 5.91 Å². The van der Waals surface area contributed by atoms with Crippen molar-refractivity contribution in [1.82, 2.24) is 0 Å². The third-order valence-corrected chi connectivity index (χ3v) is 3.67. The molecular formula is C16H14ClNO. The Morgan fingerprint density at radius 3 is 2.84 bits per heavy atom. The van der Waals surface area contributed by atoms with E-state index < -0.39 is 0 Å². The van der Waals surface area contributed by atoms with Gasteiger partial charge in [0.1, 0.15) is 0 Å². The summed E-state index contributed by atoms with van der Waals surface area (Å²) in [4.78, 5) is 14.2. The molecule has 19 heavy (non-hydrogen) atoms. The zero-order valence-corrected chi connectivity index (χ0v) is 11.2. The molecule has 0 bridgehead atoms. The molecule has 0 saturated carbocycles. The third kappa shape index (κ3) is 2.49. The highest BCUT2D eigenvalue weighted by Crippen LogP contribution is 2.28. The Bertz CT molecular complexity index is 624. The Labute approximate surface area is 117 Å². The number of rotatable bonds is 2. The van der Waals surface area contributed by atoms with Crippen molar-refractivity contribution in [2.75, 3.05) is 11.4 Å². The quantitative estimate of drug-likeness (QED) is 0.819. The maximum atomic E-state index is 12.4. The number of nitrogens with zero attached hydrogens (tertiary/aromatic N) is 1. The Hall–Kier alpha value is -1.80. The molecule has 1 aliphatic rings. The molecule has 0 radical (unpaired) electrons. The lowest BCUT2D eigenvalue weighted by atomic mass is 10.1. The van der Waals surface area contributed by atoms with Crippen LogP contribution < -0.4 is 4.90 Å². The van der Waals surface area contributed by atoms with E-state index in [1.165, 1.54) is 5.56 Å². The van der Waals surface area contributed by atoms with Crippen LogP contribution in [0.15, 0.2) is 48.5 Å². The number of carbonyl (C=O) groups excluding carboxylic acids is 1. The molecule has 0 spiro atoms. The number of carbonyl (C=O) groups is 1. The zero-order chi connectivity index (χ0) is 13.2. The Kier molecular flexibility index (Phi) is 3.26. The topological polar surface area (TPSA) is 20.3 Å². The molecule has 0 aliphatic carbocycles. The van der Waals surface area contributed by atoms with Gasteiger partial charge >= 0.3 is 0 Å². The van der Waals surface area contributed by atoms with E-state index in [0.29, 0.717) is 11.4 Å². The molecule has 0 unspecified atom stereocenters. The normalized spacial score (nSPS) is 13.4. The van der Waals surface area contributed by atoms with Gasteiger partial charge in [0.2, 0.25) is 5.91 Å². The molecule has 3 heteroatoms. The van der Waals surface area contributed by atoms with Crippen LogP contribution in [0.1, 0.15) is 11.1 Å². The molecule has 1 heterocycles. The van der Waals surface area contributed by atoms with Crippen LogP contribution in [0.4, 0.5) is 5.69 Å². The second-order valence-electron chi connectivity index (χ2n) is 4.73. The molecule has 2 nitrogen and oxygen atoms in total. The standard InChI is InChI=1S/C16H14ClNO/c17-14-6-3-4-12(10-14)11-16(19)18-9-8-13-5-1-2-7-15(13)18/h1-7,10H,8-9,11H2. The molecule has 96 valence electrons. The van der Waals surface area contributed by atoms with Gasteiger partial charge in [-0.05, 0) is 35.7 Å². The molecule has 2 aromatic carbocycles. The first kappa shape index (κ1) is 12.2. The summed E-state index contributed by atoms with van der Waals surface area (Å²) in [6, 6.07) is 15.6. The monoisotopic (exact) mass is 271 g/mol. The number of hydrogen-bond acceptors (Lipinski definition) is 1. The van der Waals surface area contributed by atoms with E-state index in [9.17, 15) is 4.79 Å². The molecule has 0 fully saturated rings. The van der Waals surface area contributed by atoms with Crippen molar-refractivity contribution in [2.24, 2.45) is 0 Å². The van der Waals surface area contributed by atoms with Gasteiger partial charge in [0.15, 0.2) is 0 Å². The summed E-state index contributed by atoms with van der Waals surface area (Å²) in [6.07, 6.45) is 1.34. The molecule has 0 N–H and O–H groups in total. The average molecular weight is 272 g/mol. The van der Waals surface area contributed by atoms with Crippen molar-refractivity contribution < 1.29 is 4.79 Å². The first-order valence-corrected chi connectivity index (χ1v) is 6.74. The van der Waals surface area contributed by atoms with Gasteiger partial charge in [-0.15, -0.1) is 0 Å². The zero-order valence-electron chi connectivity index (χ0n) is 10.5. The largest absolute Gasteiger partial charge is 0.312 e. The van der Waals surface area contributed by atoms with Crippen LogP contribution in [0.3, 0.4) is 0 Å². The van der Waals surface area contributed by atoms with E-state index in [4.69, 9.17) is 11.6 Å². The summed E-state index contributed by atoms with van der Waals surface area (Å²) >= 11 is 5.94. The Balaban J connectivity index is 1.79. The SMILES string of the molecule is O=C(Cc1cccc(Cl)c1)N1CCc2ccccc21. The summed E-state index contributed by atoms with van der Waals surface area (Å²) in [5, 5.41) is 0.673. The van der Waals surface area contributed by atoms with Gasteiger partial charge in [0.05, 0.1) is 6.42 Å². The Morgan fingerprint density at radius 1 is 1.16 bits per heavy atom.